The first-order valence-corrected chi connectivity index (χ1v) is 12.9. The number of allylic oxidation sites excluding steroid dienone is 1. The lowest BCUT2D eigenvalue weighted by atomic mass is 10.0. The highest BCUT2D eigenvalue weighted by Gasteiger charge is 2.20. The Bertz CT molecular complexity index is 1170. The molecule has 1 aliphatic rings. The van der Waals surface area contributed by atoms with Crippen LogP contribution < -0.4 is 5.32 Å². The second kappa shape index (κ2) is 13.1. The zero-order valence-electron chi connectivity index (χ0n) is 19.4. The van der Waals surface area contributed by atoms with E-state index in [1.54, 1.807) is 30.2 Å². The molecule has 1 amide bonds. The quantitative estimate of drug-likeness (QED) is 0.327. The summed E-state index contributed by atoms with van der Waals surface area (Å²) in [6.07, 6.45) is 5.61. The maximum absolute atomic E-state index is 12.8. The highest BCUT2D eigenvalue weighted by atomic mass is 79.9. The highest BCUT2D eigenvalue weighted by molar-refractivity contribution is 9.10. The Morgan fingerprint density at radius 1 is 1.09 bits per heavy atom. The average molecular weight is 535 g/mol. The van der Waals surface area contributed by atoms with E-state index in [-0.39, 0.29) is 11.8 Å². The molecular formula is C28H28BrN3OS. The smallest absolute Gasteiger partial charge is 0.227 e. The number of carbonyl (C=O) groups is 1. The van der Waals surface area contributed by atoms with E-state index in [4.69, 9.17) is 4.99 Å². The van der Waals surface area contributed by atoms with Crippen molar-refractivity contribution in [3.8, 4) is 0 Å². The molecule has 3 aromatic rings. The number of benzene rings is 2. The highest BCUT2D eigenvalue weighted by Crippen LogP contribution is 2.33. The Balaban J connectivity index is 0.00000158. The van der Waals surface area contributed by atoms with Crippen LogP contribution in [0.2, 0.25) is 0 Å². The number of pyridine rings is 1. The van der Waals surface area contributed by atoms with Gasteiger partial charge in [-0.2, -0.15) is 0 Å². The number of thioether (sulfide) groups is 1. The van der Waals surface area contributed by atoms with Gasteiger partial charge >= 0.3 is 0 Å². The van der Waals surface area contributed by atoms with Gasteiger partial charge in [0.05, 0.1) is 11.6 Å². The first-order chi connectivity index (χ1) is 16.6. The Labute approximate surface area is 214 Å². The van der Waals surface area contributed by atoms with Crippen molar-refractivity contribution in [3.05, 3.63) is 118 Å². The van der Waals surface area contributed by atoms with Gasteiger partial charge in [-0.3, -0.25) is 14.8 Å². The van der Waals surface area contributed by atoms with Gasteiger partial charge in [0.25, 0.3) is 0 Å². The van der Waals surface area contributed by atoms with E-state index >= 15 is 0 Å². The number of aliphatic imine (C=N–C) groups is 1. The maximum Gasteiger partial charge on any atom is 0.227 e. The lowest BCUT2D eigenvalue weighted by Crippen LogP contribution is -2.29. The molecule has 0 saturated heterocycles. The fourth-order valence-electron chi connectivity index (χ4n) is 3.38. The molecule has 0 aliphatic carbocycles. The molecule has 1 unspecified atom stereocenters. The van der Waals surface area contributed by atoms with Crippen LogP contribution in [0, 0.1) is 5.92 Å². The van der Waals surface area contributed by atoms with Crippen LogP contribution in [0.4, 0.5) is 0 Å². The van der Waals surface area contributed by atoms with Crippen molar-refractivity contribution in [1.82, 2.24) is 10.3 Å². The molecule has 0 saturated carbocycles. The van der Waals surface area contributed by atoms with Crippen LogP contribution in [0.15, 0.2) is 111 Å². The number of nitrogens with zero attached hydrogens (tertiary/aromatic N) is 2. The number of amides is 1. The van der Waals surface area contributed by atoms with E-state index in [1.165, 1.54) is 0 Å². The molecule has 2 aromatic carbocycles. The van der Waals surface area contributed by atoms with Gasteiger partial charge in [-0.25, -0.2) is 0 Å². The number of hydrogen-bond donors (Lipinski definition) is 1. The van der Waals surface area contributed by atoms with Gasteiger partial charge in [-0.1, -0.05) is 77.9 Å². The van der Waals surface area contributed by atoms with Crippen molar-refractivity contribution in [2.75, 3.05) is 0 Å². The number of rotatable bonds is 7. The fourth-order valence-corrected chi connectivity index (χ4v) is 4.50. The Morgan fingerprint density at radius 3 is 2.50 bits per heavy atom. The molecule has 1 N–H and O–H groups in total. The molecule has 0 bridgehead atoms. The third-order valence-electron chi connectivity index (χ3n) is 5.10. The largest absolute Gasteiger partial charge is 0.352 e. The van der Waals surface area contributed by atoms with Crippen LogP contribution in [-0.4, -0.2) is 16.6 Å². The van der Waals surface area contributed by atoms with Gasteiger partial charge < -0.3 is 5.32 Å². The van der Waals surface area contributed by atoms with Crippen LogP contribution in [0.1, 0.15) is 37.0 Å². The predicted molar refractivity (Wildman–Crippen MR) is 146 cm³/mol. The van der Waals surface area contributed by atoms with Gasteiger partial charge in [-0.05, 0) is 41.3 Å². The number of aromatic nitrogens is 1. The summed E-state index contributed by atoms with van der Waals surface area (Å²) in [5, 5.41) is 5.03. The maximum atomic E-state index is 12.8. The molecule has 0 fully saturated rings. The van der Waals surface area contributed by atoms with Crippen molar-refractivity contribution in [2.45, 2.75) is 31.7 Å². The van der Waals surface area contributed by atoms with Crippen LogP contribution >= 0.6 is 27.7 Å². The van der Waals surface area contributed by atoms with Crippen molar-refractivity contribution >= 4 is 39.3 Å². The lowest BCUT2D eigenvalue weighted by molar-refractivity contribution is -0.123. The summed E-state index contributed by atoms with van der Waals surface area (Å²) in [6.45, 7) is 8.35. The van der Waals surface area contributed by atoms with Gasteiger partial charge in [0, 0.05) is 51.6 Å². The summed E-state index contributed by atoms with van der Waals surface area (Å²) in [5.41, 5.74) is 4.89. The van der Waals surface area contributed by atoms with Gasteiger partial charge in [-0.15, -0.1) is 6.58 Å². The minimum atomic E-state index is -0.375. The third kappa shape index (κ3) is 6.78. The van der Waals surface area contributed by atoms with Gasteiger partial charge in [0.1, 0.15) is 0 Å². The summed E-state index contributed by atoms with van der Waals surface area (Å²) in [7, 11) is 0. The standard InChI is InChI=1S/C26H22BrN3OS.C2H6/c1-2-19(26(31)29-16-18-11-13-28-14-12-18)15-22-17-32-24-6-4-3-5-23(24)25(30-22)20-7-9-21(27)10-8-20;1-2/h2-14,17,19H,1,15-16H2,(H,29,31);1-2H3. The van der Waals surface area contributed by atoms with E-state index < -0.39 is 0 Å². The van der Waals surface area contributed by atoms with E-state index in [1.807, 2.05) is 55.7 Å². The number of carbonyl (C=O) groups excluding carboxylic acids is 1. The fraction of sp³-hybridized carbons (Fsp3) is 0.179. The lowest BCUT2D eigenvalue weighted by Gasteiger charge is -2.14. The Hall–Kier alpha value is -2.96. The van der Waals surface area contributed by atoms with Crippen LogP contribution in [0.3, 0.4) is 0 Å². The average Bonchev–Trinajstić information content (AvgIpc) is 3.08. The van der Waals surface area contributed by atoms with Crippen LogP contribution in [-0.2, 0) is 11.3 Å². The topological polar surface area (TPSA) is 54.4 Å². The zero-order valence-corrected chi connectivity index (χ0v) is 21.8. The van der Waals surface area contributed by atoms with Gasteiger partial charge in [0.2, 0.25) is 5.91 Å². The Kier molecular flexibility index (Phi) is 9.86. The molecule has 0 spiro atoms. The SMILES string of the molecule is C=CC(CC1=CSc2ccccc2C(c2ccc(Br)cc2)=N1)C(=O)NCc1ccncc1.CC. The number of fused-ring (bicyclic) bond motifs is 1. The second-order valence-electron chi connectivity index (χ2n) is 7.31. The van der Waals surface area contributed by atoms with Crippen molar-refractivity contribution in [1.29, 1.82) is 0 Å². The first-order valence-electron chi connectivity index (χ1n) is 11.2. The molecule has 1 aliphatic heterocycles. The number of nitrogens with one attached hydrogen (secondary N) is 1. The number of halogens is 1. The summed E-state index contributed by atoms with van der Waals surface area (Å²) in [5.74, 6) is -0.440. The molecule has 1 atom stereocenters. The van der Waals surface area contributed by atoms with E-state index in [0.717, 1.165) is 37.5 Å². The summed E-state index contributed by atoms with van der Waals surface area (Å²) in [4.78, 5) is 23.0. The van der Waals surface area contributed by atoms with Crippen molar-refractivity contribution < 1.29 is 4.79 Å². The van der Waals surface area contributed by atoms with E-state index in [2.05, 4.69) is 57.1 Å². The summed E-state index contributed by atoms with van der Waals surface area (Å²) < 4.78 is 1.02. The monoisotopic (exact) mass is 533 g/mol. The molecule has 2 heterocycles. The van der Waals surface area contributed by atoms with E-state index in [9.17, 15) is 4.79 Å². The molecule has 174 valence electrons. The molecular weight excluding hydrogens is 506 g/mol. The predicted octanol–water partition coefficient (Wildman–Crippen LogP) is 7.16. The van der Waals surface area contributed by atoms with Crippen LogP contribution in [0.25, 0.3) is 0 Å². The molecule has 0 radical (unpaired) electrons. The third-order valence-corrected chi connectivity index (χ3v) is 6.63. The minimum Gasteiger partial charge on any atom is -0.352 e. The van der Waals surface area contributed by atoms with Crippen LogP contribution in [0.5, 0.6) is 0 Å². The van der Waals surface area contributed by atoms with E-state index in [0.29, 0.717) is 13.0 Å². The van der Waals surface area contributed by atoms with Crippen molar-refractivity contribution in [2.24, 2.45) is 10.9 Å². The second-order valence-corrected chi connectivity index (χ2v) is 9.14. The summed E-state index contributed by atoms with van der Waals surface area (Å²) >= 11 is 5.14. The molecule has 1 aromatic heterocycles. The Morgan fingerprint density at radius 2 is 1.79 bits per heavy atom. The molecule has 4 nitrogen and oxygen atoms in total. The van der Waals surface area contributed by atoms with Crippen molar-refractivity contribution in [3.63, 3.8) is 0 Å². The number of hydrogen-bond acceptors (Lipinski definition) is 4. The first kappa shape index (κ1) is 25.7. The van der Waals surface area contributed by atoms with Gasteiger partial charge in [0.15, 0.2) is 0 Å². The zero-order chi connectivity index (χ0) is 24.3. The summed E-state index contributed by atoms with van der Waals surface area (Å²) in [6, 6.07) is 20.2. The normalized spacial score (nSPS) is 13.1. The molecule has 34 heavy (non-hydrogen) atoms. The molecule has 4 rings (SSSR count). The minimum absolute atomic E-state index is 0.0649. The molecule has 6 heteroatoms.